The monoisotopic (exact) mass is 526 g/mol. The number of hydrogen-bond acceptors (Lipinski definition) is 12. The van der Waals surface area contributed by atoms with Crippen molar-refractivity contribution in [2.75, 3.05) is 26.9 Å². The van der Waals surface area contributed by atoms with Crippen LogP contribution in [-0.4, -0.2) is 105 Å². The summed E-state index contributed by atoms with van der Waals surface area (Å²) in [5.41, 5.74) is 1.04. The van der Waals surface area contributed by atoms with Gasteiger partial charge in [0.25, 0.3) is 0 Å². The summed E-state index contributed by atoms with van der Waals surface area (Å²) in [7, 11) is 1.35. The second kappa shape index (κ2) is 13.2. The van der Waals surface area contributed by atoms with E-state index in [-0.39, 0.29) is 35.2 Å². The van der Waals surface area contributed by atoms with Crippen LogP contribution in [0.4, 0.5) is 0 Å². The van der Waals surface area contributed by atoms with Crippen molar-refractivity contribution in [3.05, 3.63) is 47.5 Å². The second-order valence-corrected chi connectivity index (χ2v) is 8.69. The van der Waals surface area contributed by atoms with Crippen LogP contribution in [0.15, 0.2) is 36.4 Å². The van der Waals surface area contributed by atoms with Crippen LogP contribution in [0.1, 0.15) is 23.7 Å². The van der Waals surface area contributed by atoms with E-state index in [1.54, 1.807) is 6.07 Å². The number of hydrogen-bond donors (Lipinski definition) is 8. The van der Waals surface area contributed by atoms with Crippen molar-refractivity contribution >= 4 is 0 Å². The Morgan fingerprint density at radius 1 is 0.919 bits per heavy atom. The number of methoxy groups -OCH3 is 1. The van der Waals surface area contributed by atoms with Gasteiger partial charge in [-0.2, -0.15) is 0 Å². The van der Waals surface area contributed by atoms with Gasteiger partial charge in [0.1, 0.15) is 30.5 Å². The van der Waals surface area contributed by atoms with Crippen LogP contribution in [0.3, 0.4) is 0 Å². The molecule has 7 atom stereocenters. The van der Waals surface area contributed by atoms with Gasteiger partial charge >= 0.3 is 0 Å². The normalized spacial score (nSPS) is 25.4. The second-order valence-electron chi connectivity index (χ2n) is 8.69. The van der Waals surface area contributed by atoms with Crippen molar-refractivity contribution in [2.45, 2.75) is 55.8 Å². The molecule has 1 aliphatic heterocycles. The number of rotatable bonds is 12. The lowest BCUT2D eigenvalue weighted by atomic mass is 9.99. The van der Waals surface area contributed by atoms with Crippen LogP contribution in [0.25, 0.3) is 0 Å². The molecule has 3 rings (SSSR count). The molecule has 0 saturated carbocycles. The SMILES string of the molecule is COc1cc(C(O)C(CO[C@@H]2O[C@H](CO)[C@@H](O)[C@H](O)[C@H]2O)Oc2ccc(CCCO)cc2O)ccc1O. The van der Waals surface area contributed by atoms with Crippen molar-refractivity contribution in [2.24, 2.45) is 0 Å². The molecular weight excluding hydrogens is 492 g/mol. The molecule has 1 heterocycles. The van der Waals surface area contributed by atoms with Gasteiger partial charge in [-0.05, 0) is 48.2 Å². The summed E-state index contributed by atoms with van der Waals surface area (Å²) in [4.78, 5) is 0. The maximum atomic E-state index is 11.1. The first-order chi connectivity index (χ1) is 17.7. The number of phenolic OH excluding ortho intramolecular Hbond substituents is 2. The highest BCUT2D eigenvalue weighted by Crippen LogP contribution is 2.34. The molecule has 0 aliphatic carbocycles. The lowest BCUT2D eigenvalue weighted by Crippen LogP contribution is -2.59. The highest BCUT2D eigenvalue weighted by atomic mass is 16.7. The third-order valence-electron chi connectivity index (χ3n) is 6.10. The largest absolute Gasteiger partial charge is 0.504 e. The Balaban J connectivity index is 1.83. The number of phenols is 2. The first-order valence-electron chi connectivity index (χ1n) is 11.8. The molecule has 12 nitrogen and oxygen atoms in total. The molecule has 1 fully saturated rings. The fourth-order valence-electron chi connectivity index (χ4n) is 3.94. The topological polar surface area (TPSA) is 199 Å². The number of aliphatic hydroxyl groups is 6. The molecule has 0 amide bonds. The number of ether oxygens (including phenoxy) is 4. The summed E-state index contributed by atoms with van der Waals surface area (Å²) in [6, 6.07) is 8.80. The fourth-order valence-corrected chi connectivity index (χ4v) is 3.94. The van der Waals surface area contributed by atoms with Crippen molar-refractivity contribution in [1.82, 2.24) is 0 Å². The van der Waals surface area contributed by atoms with Gasteiger partial charge in [-0.3, -0.25) is 0 Å². The highest BCUT2D eigenvalue weighted by molar-refractivity contribution is 5.44. The van der Waals surface area contributed by atoms with Crippen molar-refractivity contribution < 1.29 is 59.8 Å². The van der Waals surface area contributed by atoms with Crippen LogP contribution in [-0.2, 0) is 15.9 Å². The lowest BCUT2D eigenvalue weighted by molar-refractivity contribution is -0.305. The zero-order valence-electron chi connectivity index (χ0n) is 20.3. The Labute approximate surface area is 213 Å². The van der Waals surface area contributed by atoms with Gasteiger partial charge in [0.2, 0.25) is 0 Å². The first kappa shape index (κ1) is 28.9. The smallest absolute Gasteiger partial charge is 0.186 e. The Morgan fingerprint density at radius 2 is 1.68 bits per heavy atom. The molecule has 206 valence electrons. The molecule has 1 saturated heterocycles. The minimum Gasteiger partial charge on any atom is -0.504 e. The number of aliphatic hydroxyl groups excluding tert-OH is 6. The zero-order valence-corrected chi connectivity index (χ0v) is 20.3. The molecule has 8 N–H and O–H groups in total. The van der Waals surface area contributed by atoms with Gasteiger partial charge in [-0.15, -0.1) is 0 Å². The van der Waals surface area contributed by atoms with E-state index < -0.39 is 56.1 Å². The molecule has 0 radical (unpaired) electrons. The van der Waals surface area contributed by atoms with E-state index >= 15 is 0 Å². The summed E-state index contributed by atoms with van der Waals surface area (Å²) in [6.07, 6.45) is -9.12. The Bertz CT molecular complexity index is 1000. The fraction of sp³-hybridized carbons (Fsp3) is 0.520. The number of aryl methyl sites for hydroxylation is 1. The van der Waals surface area contributed by atoms with Gasteiger partial charge in [-0.1, -0.05) is 12.1 Å². The van der Waals surface area contributed by atoms with Crippen molar-refractivity contribution in [3.63, 3.8) is 0 Å². The molecular formula is C25H34O12. The zero-order chi connectivity index (χ0) is 27.1. The van der Waals surface area contributed by atoms with Crippen LogP contribution in [0.2, 0.25) is 0 Å². The molecule has 2 unspecified atom stereocenters. The molecule has 0 bridgehead atoms. The predicted octanol–water partition coefficient (Wildman–Crippen LogP) is -0.671. The van der Waals surface area contributed by atoms with Crippen LogP contribution in [0.5, 0.6) is 23.0 Å². The Kier molecular flexibility index (Phi) is 10.3. The van der Waals surface area contributed by atoms with Gasteiger partial charge < -0.3 is 59.8 Å². The summed E-state index contributed by atoms with van der Waals surface area (Å²) in [5.74, 6) is -0.255. The van der Waals surface area contributed by atoms with Crippen LogP contribution < -0.4 is 9.47 Å². The van der Waals surface area contributed by atoms with Crippen molar-refractivity contribution in [3.8, 4) is 23.0 Å². The molecule has 0 aromatic heterocycles. The molecule has 12 heteroatoms. The molecule has 1 aliphatic rings. The summed E-state index contributed by atoms with van der Waals surface area (Å²) in [5, 5.41) is 80.2. The maximum absolute atomic E-state index is 11.1. The van der Waals surface area contributed by atoms with E-state index in [0.717, 1.165) is 5.56 Å². The third-order valence-corrected chi connectivity index (χ3v) is 6.10. The van der Waals surface area contributed by atoms with E-state index in [1.165, 1.54) is 37.4 Å². The third kappa shape index (κ3) is 7.00. The first-order valence-corrected chi connectivity index (χ1v) is 11.8. The summed E-state index contributed by atoms with van der Waals surface area (Å²) < 4.78 is 21.9. The lowest BCUT2D eigenvalue weighted by Gasteiger charge is -2.40. The van der Waals surface area contributed by atoms with Gasteiger partial charge in [-0.25, -0.2) is 0 Å². The molecule has 2 aromatic carbocycles. The average molecular weight is 527 g/mol. The van der Waals surface area contributed by atoms with Gasteiger partial charge in [0, 0.05) is 6.61 Å². The van der Waals surface area contributed by atoms with E-state index in [1.807, 2.05) is 0 Å². The molecule has 0 spiro atoms. The highest BCUT2D eigenvalue weighted by Gasteiger charge is 2.44. The number of aromatic hydroxyl groups is 2. The Hall–Kier alpha value is -2.68. The van der Waals surface area contributed by atoms with E-state index in [9.17, 15) is 35.7 Å². The quantitative estimate of drug-likeness (QED) is 0.174. The summed E-state index contributed by atoms with van der Waals surface area (Å²) >= 11 is 0. The Morgan fingerprint density at radius 3 is 2.32 bits per heavy atom. The van der Waals surface area contributed by atoms with Crippen LogP contribution in [0, 0.1) is 0 Å². The van der Waals surface area contributed by atoms with Crippen LogP contribution >= 0.6 is 0 Å². The van der Waals surface area contributed by atoms with Gasteiger partial charge in [0.15, 0.2) is 35.4 Å². The number of benzene rings is 2. The molecule has 37 heavy (non-hydrogen) atoms. The standard InChI is InChI=1S/C25H34O12/c1-34-18-10-14(5-6-15(18)28)21(30)20(36-17-7-4-13(3-2-8-26)9-16(17)29)12-35-25-24(33)23(32)22(31)19(11-27)37-25/h4-7,9-10,19-33H,2-3,8,11-12H2,1H3/t19-,20?,21?,22-,23+,24-,25-/m1/s1. The molecule has 2 aromatic rings. The minimum absolute atomic E-state index is 0.00133. The van der Waals surface area contributed by atoms with Gasteiger partial charge in [0.05, 0.1) is 20.3 Å². The maximum Gasteiger partial charge on any atom is 0.186 e. The van der Waals surface area contributed by atoms with E-state index in [0.29, 0.717) is 12.8 Å². The predicted molar refractivity (Wildman–Crippen MR) is 127 cm³/mol. The van der Waals surface area contributed by atoms with E-state index in [4.69, 9.17) is 24.1 Å². The minimum atomic E-state index is -1.66. The van der Waals surface area contributed by atoms with E-state index in [2.05, 4.69) is 0 Å². The average Bonchev–Trinajstić information content (AvgIpc) is 2.90. The van der Waals surface area contributed by atoms with Crippen molar-refractivity contribution in [1.29, 1.82) is 0 Å². The summed E-state index contributed by atoms with van der Waals surface area (Å²) in [6.45, 7) is -1.07.